The predicted molar refractivity (Wildman–Crippen MR) is 80.2 cm³/mol. The molecule has 0 aliphatic carbocycles. The van der Waals surface area contributed by atoms with Crippen LogP contribution in [-0.4, -0.2) is 46.8 Å². The standard InChI is InChI=1S/C14H26N2O2S/c1-6-11(8-19-5)16-10(4)13(17)15-12(14(16)18)7-9(2)3/h9-12H,6-8H2,1-5H3,(H,15,17). The van der Waals surface area contributed by atoms with E-state index in [-0.39, 0.29) is 29.9 Å². The molecular formula is C14H26N2O2S. The van der Waals surface area contributed by atoms with Crippen molar-refractivity contribution in [3.63, 3.8) is 0 Å². The predicted octanol–water partition coefficient (Wildman–Crippen LogP) is 1.89. The first kappa shape index (κ1) is 16.3. The lowest BCUT2D eigenvalue weighted by Crippen LogP contribution is -2.65. The number of thioether (sulfide) groups is 1. The van der Waals surface area contributed by atoms with Gasteiger partial charge in [0, 0.05) is 11.8 Å². The van der Waals surface area contributed by atoms with Crippen molar-refractivity contribution in [2.75, 3.05) is 12.0 Å². The van der Waals surface area contributed by atoms with E-state index in [1.165, 1.54) is 0 Å². The highest BCUT2D eigenvalue weighted by Gasteiger charge is 2.40. The minimum Gasteiger partial charge on any atom is -0.343 e. The van der Waals surface area contributed by atoms with Crippen molar-refractivity contribution in [2.24, 2.45) is 5.92 Å². The molecule has 1 aliphatic heterocycles. The molecule has 0 aromatic heterocycles. The quantitative estimate of drug-likeness (QED) is 0.811. The molecule has 1 rings (SSSR count). The fraction of sp³-hybridized carbons (Fsp3) is 0.857. The van der Waals surface area contributed by atoms with Gasteiger partial charge in [-0.3, -0.25) is 9.59 Å². The van der Waals surface area contributed by atoms with Crippen molar-refractivity contribution in [1.29, 1.82) is 0 Å². The average molecular weight is 286 g/mol. The van der Waals surface area contributed by atoms with Crippen LogP contribution in [0.4, 0.5) is 0 Å². The van der Waals surface area contributed by atoms with E-state index >= 15 is 0 Å². The van der Waals surface area contributed by atoms with Crippen molar-refractivity contribution in [3.8, 4) is 0 Å². The number of nitrogens with one attached hydrogen (secondary N) is 1. The van der Waals surface area contributed by atoms with E-state index in [1.807, 2.05) is 18.1 Å². The topological polar surface area (TPSA) is 49.4 Å². The van der Waals surface area contributed by atoms with Gasteiger partial charge >= 0.3 is 0 Å². The van der Waals surface area contributed by atoms with Crippen molar-refractivity contribution >= 4 is 23.6 Å². The number of nitrogens with zero attached hydrogens (tertiary/aromatic N) is 1. The van der Waals surface area contributed by atoms with Gasteiger partial charge in [0.15, 0.2) is 0 Å². The first-order valence-electron chi connectivity index (χ1n) is 7.03. The number of carbonyl (C=O) groups excluding carboxylic acids is 2. The maximum atomic E-state index is 12.6. The highest BCUT2D eigenvalue weighted by atomic mass is 32.2. The van der Waals surface area contributed by atoms with E-state index < -0.39 is 0 Å². The zero-order chi connectivity index (χ0) is 14.6. The Kier molecular flexibility index (Phi) is 6.17. The molecule has 1 heterocycles. The fourth-order valence-electron chi connectivity index (χ4n) is 2.57. The molecule has 110 valence electrons. The van der Waals surface area contributed by atoms with Gasteiger partial charge in [-0.1, -0.05) is 20.8 Å². The second-order valence-electron chi connectivity index (χ2n) is 5.63. The van der Waals surface area contributed by atoms with Gasteiger partial charge in [0.2, 0.25) is 11.8 Å². The fourth-order valence-corrected chi connectivity index (χ4v) is 3.35. The molecule has 1 saturated heterocycles. The number of amides is 2. The van der Waals surface area contributed by atoms with Crippen molar-refractivity contribution < 1.29 is 9.59 Å². The average Bonchev–Trinajstić information content (AvgIpc) is 2.34. The molecule has 0 aromatic rings. The summed E-state index contributed by atoms with van der Waals surface area (Å²) in [5.41, 5.74) is 0. The SMILES string of the molecule is CCC(CSC)N1C(=O)C(CC(C)C)NC(=O)C1C. The Morgan fingerprint density at radius 3 is 2.47 bits per heavy atom. The summed E-state index contributed by atoms with van der Waals surface area (Å²) in [6, 6.07) is -0.550. The molecule has 2 amide bonds. The molecule has 0 radical (unpaired) electrons. The largest absolute Gasteiger partial charge is 0.343 e. The lowest BCUT2D eigenvalue weighted by atomic mass is 9.97. The van der Waals surface area contributed by atoms with Crippen LogP contribution in [0.25, 0.3) is 0 Å². The van der Waals surface area contributed by atoms with Crippen LogP contribution < -0.4 is 5.32 Å². The van der Waals surface area contributed by atoms with Crippen LogP contribution in [-0.2, 0) is 9.59 Å². The third kappa shape index (κ3) is 3.88. The summed E-state index contributed by atoms with van der Waals surface area (Å²) in [4.78, 5) is 26.5. The molecule has 3 unspecified atom stereocenters. The number of hydrogen-bond acceptors (Lipinski definition) is 3. The Morgan fingerprint density at radius 2 is 2.00 bits per heavy atom. The Hall–Kier alpha value is -0.710. The summed E-state index contributed by atoms with van der Waals surface area (Å²) >= 11 is 1.72. The summed E-state index contributed by atoms with van der Waals surface area (Å²) in [5.74, 6) is 1.34. The van der Waals surface area contributed by atoms with E-state index in [4.69, 9.17) is 0 Å². The van der Waals surface area contributed by atoms with Crippen LogP contribution in [0.3, 0.4) is 0 Å². The van der Waals surface area contributed by atoms with Crippen LogP contribution in [0.1, 0.15) is 40.5 Å². The van der Waals surface area contributed by atoms with Gasteiger partial charge in [0.1, 0.15) is 12.1 Å². The molecule has 0 spiro atoms. The van der Waals surface area contributed by atoms with E-state index in [0.29, 0.717) is 12.3 Å². The van der Waals surface area contributed by atoms with Gasteiger partial charge in [-0.25, -0.2) is 0 Å². The molecule has 5 heteroatoms. The third-order valence-corrected chi connectivity index (χ3v) is 4.31. The molecule has 3 atom stereocenters. The molecule has 1 N–H and O–H groups in total. The molecular weight excluding hydrogens is 260 g/mol. The molecule has 1 fully saturated rings. The normalized spacial score (nSPS) is 25.7. The summed E-state index contributed by atoms with van der Waals surface area (Å²) in [7, 11) is 0. The Bertz CT molecular complexity index is 333. The second kappa shape index (κ2) is 7.17. The summed E-state index contributed by atoms with van der Waals surface area (Å²) < 4.78 is 0. The summed E-state index contributed by atoms with van der Waals surface area (Å²) in [6.45, 7) is 8.04. The number of hydrogen-bond donors (Lipinski definition) is 1. The second-order valence-corrected chi connectivity index (χ2v) is 6.54. The number of carbonyl (C=O) groups is 2. The van der Waals surface area contributed by atoms with E-state index in [2.05, 4.69) is 26.1 Å². The smallest absolute Gasteiger partial charge is 0.246 e. The molecule has 1 aliphatic rings. The van der Waals surface area contributed by atoms with Crippen molar-refractivity contribution in [2.45, 2.75) is 58.7 Å². The van der Waals surface area contributed by atoms with E-state index in [9.17, 15) is 9.59 Å². The van der Waals surface area contributed by atoms with Gasteiger partial charge in [0.25, 0.3) is 0 Å². The number of rotatable bonds is 6. The summed E-state index contributed by atoms with van der Waals surface area (Å²) in [5, 5.41) is 2.86. The maximum Gasteiger partial charge on any atom is 0.246 e. The van der Waals surface area contributed by atoms with Crippen LogP contribution in [0.15, 0.2) is 0 Å². The Morgan fingerprint density at radius 1 is 1.37 bits per heavy atom. The van der Waals surface area contributed by atoms with Crippen LogP contribution >= 0.6 is 11.8 Å². The molecule has 0 saturated carbocycles. The zero-order valence-corrected chi connectivity index (χ0v) is 13.4. The monoisotopic (exact) mass is 286 g/mol. The molecule has 4 nitrogen and oxygen atoms in total. The highest BCUT2D eigenvalue weighted by Crippen LogP contribution is 2.21. The van der Waals surface area contributed by atoms with Gasteiger partial charge in [0.05, 0.1) is 0 Å². The lowest BCUT2D eigenvalue weighted by molar-refractivity contribution is -0.151. The van der Waals surface area contributed by atoms with Gasteiger partial charge < -0.3 is 10.2 Å². The van der Waals surface area contributed by atoms with Crippen LogP contribution in [0.5, 0.6) is 0 Å². The Balaban J connectivity index is 2.91. The molecule has 19 heavy (non-hydrogen) atoms. The maximum absolute atomic E-state index is 12.6. The van der Waals surface area contributed by atoms with Gasteiger partial charge in [-0.15, -0.1) is 0 Å². The number of piperazine rings is 1. The first-order chi connectivity index (χ1) is 8.92. The molecule has 0 aromatic carbocycles. The lowest BCUT2D eigenvalue weighted by Gasteiger charge is -2.42. The third-order valence-electron chi connectivity index (χ3n) is 3.60. The van der Waals surface area contributed by atoms with Gasteiger partial charge in [-0.2, -0.15) is 11.8 Å². The van der Waals surface area contributed by atoms with Crippen molar-refractivity contribution in [3.05, 3.63) is 0 Å². The van der Waals surface area contributed by atoms with Crippen molar-refractivity contribution in [1.82, 2.24) is 10.2 Å². The van der Waals surface area contributed by atoms with Gasteiger partial charge in [-0.05, 0) is 31.9 Å². The minimum atomic E-state index is -0.354. The first-order valence-corrected chi connectivity index (χ1v) is 8.43. The summed E-state index contributed by atoms with van der Waals surface area (Å²) in [6.07, 6.45) is 3.63. The highest BCUT2D eigenvalue weighted by molar-refractivity contribution is 7.98. The van der Waals surface area contributed by atoms with Crippen LogP contribution in [0.2, 0.25) is 0 Å². The minimum absolute atomic E-state index is 0.0233. The van der Waals surface area contributed by atoms with E-state index in [1.54, 1.807) is 11.8 Å². The zero-order valence-electron chi connectivity index (χ0n) is 12.6. The van der Waals surface area contributed by atoms with E-state index in [0.717, 1.165) is 12.2 Å². The Labute approximate surface area is 120 Å². The molecule has 0 bridgehead atoms. The van der Waals surface area contributed by atoms with Crippen LogP contribution in [0, 0.1) is 5.92 Å².